The van der Waals surface area contributed by atoms with E-state index in [1.54, 1.807) is 12.1 Å². The van der Waals surface area contributed by atoms with E-state index < -0.39 is 20.8 Å². The van der Waals surface area contributed by atoms with E-state index >= 15 is 0 Å². The fourth-order valence-electron chi connectivity index (χ4n) is 3.22. The fourth-order valence-corrected chi connectivity index (χ4v) is 3.72. The van der Waals surface area contributed by atoms with Crippen LogP contribution < -0.4 is 61.2 Å². The molecular formula is C23H31KO5S. The largest absolute Gasteiger partial charge is 1.00 e. The molecule has 0 aliphatic heterocycles. The molecular weight excluding hydrogens is 427 g/mol. The van der Waals surface area contributed by atoms with Crippen LogP contribution >= 0.6 is 0 Å². The predicted molar refractivity (Wildman–Crippen MR) is 113 cm³/mol. The zero-order valence-electron chi connectivity index (χ0n) is 18.1. The Morgan fingerprint density at radius 1 is 0.867 bits per heavy atom. The number of hydrogen-bond donors (Lipinski definition) is 1. The smallest absolute Gasteiger partial charge is 0.870 e. The minimum atomic E-state index is -4.40. The van der Waals surface area contributed by atoms with Gasteiger partial charge in [0.2, 0.25) is 0 Å². The first-order valence-corrected chi connectivity index (χ1v) is 11.9. The van der Waals surface area contributed by atoms with Gasteiger partial charge in [0.15, 0.2) is 0 Å². The van der Waals surface area contributed by atoms with Crippen molar-refractivity contribution >= 4 is 10.1 Å². The van der Waals surface area contributed by atoms with Crippen molar-refractivity contribution in [3.8, 4) is 17.2 Å². The van der Waals surface area contributed by atoms with Gasteiger partial charge in [-0.1, -0.05) is 76.2 Å². The molecule has 5 nitrogen and oxygen atoms in total. The van der Waals surface area contributed by atoms with Crippen LogP contribution in [0.3, 0.4) is 0 Å². The van der Waals surface area contributed by atoms with E-state index in [9.17, 15) is 13.5 Å². The second kappa shape index (κ2) is 14.6. The van der Waals surface area contributed by atoms with Crippen molar-refractivity contribution in [2.24, 2.45) is 0 Å². The van der Waals surface area contributed by atoms with E-state index in [0.717, 1.165) is 25.0 Å². The molecule has 0 aliphatic carbocycles. The van der Waals surface area contributed by atoms with Gasteiger partial charge in [-0.05, 0) is 48.7 Å². The molecule has 0 atom stereocenters. The molecule has 0 spiro atoms. The van der Waals surface area contributed by atoms with Gasteiger partial charge < -0.3 is 9.84 Å². The van der Waals surface area contributed by atoms with Crippen LogP contribution in [0.5, 0.6) is 17.2 Å². The molecule has 0 bridgehead atoms. The van der Waals surface area contributed by atoms with Crippen LogP contribution in [-0.4, -0.2) is 13.0 Å². The van der Waals surface area contributed by atoms with Gasteiger partial charge in [-0.2, -0.15) is 8.42 Å². The maximum absolute atomic E-state index is 12.0. The molecule has 0 saturated heterocycles. The molecule has 2 aromatic rings. The van der Waals surface area contributed by atoms with Crippen LogP contribution in [0.1, 0.15) is 70.3 Å². The van der Waals surface area contributed by atoms with Crippen molar-refractivity contribution in [2.45, 2.75) is 76.0 Å². The normalized spacial score (nSPS) is 11.1. The number of rotatable bonds is 13. The Kier molecular flexibility index (Phi) is 13.5. The zero-order chi connectivity index (χ0) is 21.1. The van der Waals surface area contributed by atoms with E-state index in [2.05, 4.69) is 6.92 Å². The van der Waals surface area contributed by atoms with E-state index in [1.165, 1.54) is 63.0 Å². The van der Waals surface area contributed by atoms with Crippen LogP contribution in [-0.2, 0) is 16.5 Å². The fraction of sp³-hybridized carbons (Fsp3) is 0.478. The topological polar surface area (TPSA) is 86.7 Å². The third-order valence-electron chi connectivity index (χ3n) is 4.93. The molecule has 0 aliphatic rings. The standard InChI is InChI=1S/C23H32O5S.K/c1-2-3-4-5-6-7-8-9-10-11-19-12-14-20(15-13-19)28-23-17-16-21(18-22(23)24)29(25,26)27;/h12-18,24H,2-11H2,1H3,(H,25,26,27);/q;+1/p-1. The summed E-state index contributed by atoms with van der Waals surface area (Å²) in [5.74, 6) is -0.0690. The van der Waals surface area contributed by atoms with Crippen molar-refractivity contribution in [1.29, 1.82) is 0 Å². The van der Waals surface area contributed by atoms with Crippen LogP contribution in [0, 0.1) is 0 Å². The van der Waals surface area contributed by atoms with Gasteiger partial charge in [-0.15, -0.1) is 0 Å². The zero-order valence-corrected chi connectivity index (χ0v) is 22.0. The van der Waals surface area contributed by atoms with Crippen molar-refractivity contribution in [3.05, 3.63) is 48.0 Å². The minimum Gasteiger partial charge on any atom is -0.870 e. The van der Waals surface area contributed by atoms with Crippen LogP contribution in [0.4, 0.5) is 0 Å². The number of ether oxygens (including phenoxy) is 1. The quantitative estimate of drug-likeness (QED) is 0.283. The van der Waals surface area contributed by atoms with Crippen molar-refractivity contribution in [1.82, 2.24) is 0 Å². The summed E-state index contributed by atoms with van der Waals surface area (Å²) in [6, 6.07) is 10.8. The van der Waals surface area contributed by atoms with Crippen LogP contribution in [0.2, 0.25) is 0 Å². The van der Waals surface area contributed by atoms with Crippen molar-refractivity contribution < 1.29 is 74.2 Å². The van der Waals surface area contributed by atoms with Gasteiger partial charge in [-0.3, -0.25) is 4.55 Å². The molecule has 0 fully saturated rings. The van der Waals surface area contributed by atoms with Gasteiger partial charge in [-0.25, -0.2) is 0 Å². The van der Waals surface area contributed by atoms with E-state index in [4.69, 9.17) is 9.29 Å². The summed E-state index contributed by atoms with van der Waals surface area (Å²) in [7, 11) is -4.40. The molecule has 0 aromatic heterocycles. The predicted octanol–water partition coefficient (Wildman–Crippen LogP) is 2.88. The number of aryl methyl sites for hydroxylation is 1. The first-order valence-electron chi connectivity index (χ1n) is 10.5. The van der Waals surface area contributed by atoms with Gasteiger partial charge in [0.25, 0.3) is 10.1 Å². The van der Waals surface area contributed by atoms with Crippen LogP contribution in [0.15, 0.2) is 47.4 Å². The summed E-state index contributed by atoms with van der Waals surface area (Å²) < 4.78 is 36.7. The Bertz CT molecular complexity index is 850. The summed E-state index contributed by atoms with van der Waals surface area (Å²) in [5, 5.41) is 12.0. The molecule has 160 valence electrons. The van der Waals surface area contributed by atoms with Crippen LogP contribution in [0.25, 0.3) is 0 Å². The van der Waals surface area contributed by atoms with Gasteiger partial charge in [0, 0.05) is 0 Å². The maximum Gasteiger partial charge on any atom is 1.00 e. The average Bonchev–Trinajstić information content (AvgIpc) is 2.68. The Hall–Kier alpha value is -0.414. The Labute approximate surface area is 223 Å². The molecule has 2 rings (SSSR count). The Morgan fingerprint density at radius 3 is 1.97 bits per heavy atom. The SMILES string of the molecule is CCCCCCCCCCCc1ccc(Oc2ccc(S(=O)(=O)O)cc2[O-])cc1.[K+]. The van der Waals surface area contributed by atoms with E-state index in [1.807, 2.05) is 12.1 Å². The Balaban J connectivity index is 0.00000450. The van der Waals surface area contributed by atoms with Gasteiger partial charge in [0.1, 0.15) is 11.5 Å². The average molecular weight is 459 g/mol. The number of benzene rings is 2. The van der Waals surface area contributed by atoms with E-state index in [0.29, 0.717) is 5.75 Å². The number of unbranched alkanes of at least 4 members (excludes halogenated alkanes) is 8. The summed E-state index contributed by atoms with van der Waals surface area (Å²) >= 11 is 0. The molecule has 0 saturated carbocycles. The molecule has 1 N–H and O–H groups in total. The third kappa shape index (κ3) is 10.3. The molecule has 2 aromatic carbocycles. The van der Waals surface area contributed by atoms with Crippen molar-refractivity contribution in [3.63, 3.8) is 0 Å². The summed E-state index contributed by atoms with van der Waals surface area (Å²) in [5.41, 5.74) is 1.23. The summed E-state index contributed by atoms with van der Waals surface area (Å²) in [6.07, 6.45) is 12.8. The van der Waals surface area contributed by atoms with Crippen molar-refractivity contribution in [2.75, 3.05) is 0 Å². The molecule has 0 unspecified atom stereocenters. The Morgan fingerprint density at radius 2 is 1.43 bits per heavy atom. The first kappa shape index (κ1) is 27.6. The molecule has 0 amide bonds. The maximum atomic E-state index is 12.0. The molecule has 7 heteroatoms. The summed E-state index contributed by atoms with van der Waals surface area (Å²) in [4.78, 5) is -0.439. The van der Waals surface area contributed by atoms with Gasteiger partial charge in [0.05, 0.1) is 4.90 Å². The summed E-state index contributed by atoms with van der Waals surface area (Å²) in [6.45, 7) is 2.24. The first-order chi connectivity index (χ1) is 13.9. The monoisotopic (exact) mass is 458 g/mol. The van der Waals surface area contributed by atoms with Gasteiger partial charge >= 0.3 is 51.4 Å². The molecule has 30 heavy (non-hydrogen) atoms. The van der Waals surface area contributed by atoms with E-state index in [-0.39, 0.29) is 57.1 Å². The molecule has 0 heterocycles. The second-order valence-electron chi connectivity index (χ2n) is 7.41. The minimum absolute atomic E-state index is 0. The third-order valence-corrected chi connectivity index (χ3v) is 5.78. The second-order valence-corrected chi connectivity index (χ2v) is 8.83. The number of hydrogen-bond acceptors (Lipinski definition) is 4. The molecule has 0 radical (unpaired) electrons.